The van der Waals surface area contributed by atoms with Crippen LogP contribution < -0.4 is 0 Å². The Morgan fingerprint density at radius 1 is 1.50 bits per heavy atom. The van der Waals surface area contributed by atoms with E-state index >= 15 is 0 Å². The summed E-state index contributed by atoms with van der Waals surface area (Å²) in [6.07, 6.45) is 2.10. The van der Waals surface area contributed by atoms with Crippen LogP contribution in [0.3, 0.4) is 0 Å². The van der Waals surface area contributed by atoms with Gasteiger partial charge >= 0.3 is 6.09 Å². The predicted molar refractivity (Wildman–Crippen MR) is 61.2 cm³/mol. The zero-order chi connectivity index (χ0) is 11.4. The molecule has 1 atom stereocenters. The van der Waals surface area contributed by atoms with E-state index in [9.17, 15) is 4.79 Å². The SMILES string of the molecule is CCOC(=O)N1N=CCC1c1ccccc1. The van der Waals surface area contributed by atoms with E-state index in [1.165, 1.54) is 5.01 Å². The summed E-state index contributed by atoms with van der Waals surface area (Å²) in [4.78, 5) is 11.6. The molecule has 0 aromatic heterocycles. The first-order valence-corrected chi connectivity index (χ1v) is 5.36. The molecule has 1 aliphatic heterocycles. The van der Waals surface area contributed by atoms with Gasteiger partial charge in [-0.3, -0.25) is 0 Å². The second-order valence-corrected chi connectivity index (χ2v) is 3.50. The van der Waals surface area contributed by atoms with E-state index in [0.717, 1.165) is 12.0 Å². The molecule has 1 heterocycles. The van der Waals surface area contributed by atoms with Crippen molar-refractivity contribution >= 4 is 12.3 Å². The fourth-order valence-electron chi connectivity index (χ4n) is 1.73. The number of ether oxygens (including phenoxy) is 1. The maximum atomic E-state index is 11.6. The fraction of sp³-hybridized carbons (Fsp3) is 0.333. The zero-order valence-corrected chi connectivity index (χ0v) is 9.17. The Hall–Kier alpha value is -1.84. The average Bonchev–Trinajstić information content (AvgIpc) is 2.79. The van der Waals surface area contributed by atoms with Crippen molar-refractivity contribution in [1.82, 2.24) is 5.01 Å². The molecule has 0 aliphatic carbocycles. The molecule has 0 radical (unpaired) electrons. The third-order valence-corrected chi connectivity index (χ3v) is 2.47. The monoisotopic (exact) mass is 218 g/mol. The number of carbonyl (C=O) groups excluding carboxylic acids is 1. The molecule has 4 nitrogen and oxygen atoms in total. The largest absolute Gasteiger partial charge is 0.448 e. The molecule has 0 fully saturated rings. The lowest BCUT2D eigenvalue weighted by molar-refractivity contribution is 0.0975. The van der Waals surface area contributed by atoms with E-state index in [4.69, 9.17) is 4.74 Å². The van der Waals surface area contributed by atoms with Crippen molar-refractivity contribution in [1.29, 1.82) is 0 Å². The number of nitrogens with zero attached hydrogens (tertiary/aromatic N) is 2. The first-order chi connectivity index (χ1) is 7.83. The highest BCUT2D eigenvalue weighted by molar-refractivity contribution is 5.73. The molecule has 1 aromatic carbocycles. The molecular formula is C12H14N2O2. The molecule has 0 saturated heterocycles. The van der Waals surface area contributed by atoms with E-state index in [1.807, 2.05) is 30.3 Å². The summed E-state index contributed by atoms with van der Waals surface area (Å²) < 4.78 is 4.95. The van der Waals surface area contributed by atoms with Crippen LogP contribution in [0.5, 0.6) is 0 Å². The summed E-state index contributed by atoms with van der Waals surface area (Å²) in [5, 5.41) is 5.45. The fourth-order valence-corrected chi connectivity index (χ4v) is 1.73. The van der Waals surface area contributed by atoms with Crippen LogP contribution in [0.2, 0.25) is 0 Å². The Balaban J connectivity index is 2.14. The van der Waals surface area contributed by atoms with Crippen LogP contribution in [0.25, 0.3) is 0 Å². The molecular weight excluding hydrogens is 204 g/mol. The number of rotatable bonds is 2. The Kier molecular flexibility index (Phi) is 3.19. The van der Waals surface area contributed by atoms with Gasteiger partial charge in [-0.15, -0.1) is 0 Å². The number of hydrogen-bond acceptors (Lipinski definition) is 3. The van der Waals surface area contributed by atoms with Gasteiger partial charge in [-0.1, -0.05) is 30.3 Å². The van der Waals surface area contributed by atoms with Crippen molar-refractivity contribution < 1.29 is 9.53 Å². The molecule has 84 valence electrons. The van der Waals surface area contributed by atoms with Crippen LogP contribution in [0.1, 0.15) is 24.9 Å². The van der Waals surface area contributed by atoms with Gasteiger partial charge in [0.25, 0.3) is 0 Å². The minimum Gasteiger partial charge on any atom is -0.448 e. The Morgan fingerprint density at radius 3 is 2.94 bits per heavy atom. The first kappa shape index (κ1) is 10.7. The molecule has 1 amide bonds. The van der Waals surface area contributed by atoms with Crippen molar-refractivity contribution in [2.24, 2.45) is 5.10 Å². The Labute approximate surface area is 94.5 Å². The van der Waals surface area contributed by atoms with Gasteiger partial charge in [0.1, 0.15) is 0 Å². The summed E-state index contributed by atoms with van der Waals surface area (Å²) >= 11 is 0. The van der Waals surface area contributed by atoms with Gasteiger partial charge < -0.3 is 4.74 Å². The quantitative estimate of drug-likeness (QED) is 0.765. The van der Waals surface area contributed by atoms with Gasteiger partial charge in [-0.2, -0.15) is 10.1 Å². The number of carbonyl (C=O) groups is 1. The van der Waals surface area contributed by atoms with Crippen LogP contribution in [-0.4, -0.2) is 23.9 Å². The summed E-state index contributed by atoms with van der Waals surface area (Å²) in [7, 11) is 0. The second kappa shape index (κ2) is 4.79. The van der Waals surface area contributed by atoms with Gasteiger partial charge in [0.15, 0.2) is 0 Å². The van der Waals surface area contributed by atoms with E-state index < -0.39 is 0 Å². The first-order valence-electron chi connectivity index (χ1n) is 5.36. The highest BCUT2D eigenvalue weighted by Crippen LogP contribution is 2.28. The third kappa shape index (κ3) is 2.05. The number of benzene rings is 1. The molecule has 1 unspecified atom stereocenters. The van der Waals surface area contributed by atoms with E-state index in [0.29, 0.717) is 6.61 Å². The van der Waals surface area contributed by atoms with Crippen molar-refractivity contribution in [2.75, 3.05) is 6.61 Å². The maximum absolute atomic E-state index is 11.6. The van der Waals surface area contributed by atoms with Crippen molar-refractivity contribution in [3.63, 3.8) is 0 Å². The van der Waals surface area contributed by atoms with E-state index in [2.05, 4.69) is 5.10 Å². The van der Waals surface area contributed by atoms with E-state index in [-0.39, 0.29) is 12.1 Å². The minimum atomic E-state index is -0.384. The standard InChI is InChI=1S/C12H14N2O2/c1-2-16-12(15)14-11(8-9-13-14)10-6-4-3-5-7-10/h3-7,9,11H,2,8H2,1H3. The zero-order valence-electron chi connectivity index (χ0n) is 9.17. The lowest BCUT2D eigenvalue weighted by Crippen LogP contribution is -2.27. The van der Waals surface area contributed by atoms with E-state index in [1.54, 1.807) is 13.1 Å². The number of hydrogen-bond donors (Lipinski definition) is 0. The van der Waals surface area contributed by atoms with Crippen LogP contribution in [-0.2, 0) is 4.74 Å². The van der Waals surface area contributed by atoms with Gasteiger partial charge in [-0.25, -0.2) is 4.79 Å². The number of amides is 1. The molecule has 4 heteroatoms. The molecule has 0 spiro atoms. The maximum Gasteiger partial charge on any atom is 0.430 e. The molecule has 1 aliphatic rings. The van der Waals surface area contributed by atoms with Crippen LogP contribution in [0.15, 0.2) is 35.4 Å². The highest BCUT2D eigenvalue weighted by Gasteiger charge is 2.28. The van der Waals surface area contributed by atoms with Gasteiger partial charge in [-0.05, 0) is 12.5 Å². The Morgan fingerprint density at radius 2 is 2.25 bits per heavy atom. The van der Waals surface area contributed by atoms with Crippen LogP contribution in [0.4, 0.5) is 4.79 Å². The van der Waals surface area contributed by atoms with Gasteiger partial charge in [0.2, 0.25) is 0 Å². The second-order valence-electron chi connectivity index (χ2n) is 3.50. The molecule has 0 N–H and O–H groups in total. The normalized spacial score (nSPS) is 18.8. The molecule has 0 saturated carbocycles. The van der Waals surface area contributed by atoms with Gasteiger partial charge in [0, 0.05) is 12.6 Å². The molecule has 1 aromatic rings. The average molecular weight is 218 g/mol. The summed E-state index contributed by atoms with van der Waals surface area (Å²) in [6, 6.07) is 9.82. The van der Waals surface area contributed by atoms with Gasteiger partial charge in [0.05, 0.1) is 12.6 Å². The topological polar surface area (TPSA) is 41.9 Å². The highest BCUT2D eigenvalue weighted by atomic mass is 16.6. The van der Waals surface area contributed by atoms with Crippen LogP contribution in [0, 0.1) is 0 Å². The van der Waals surface area contributed by atoms with Crippen molar-refractivity contribution in [3.05, 3.63) is 35.9 Å². The lowest BCUT2D eigenvalue weighted by Gasteiger charge is -2.21. The molecule has 0 bridgehead atoms. The van der Waals surface area contributed by atoms with Crippen molar-refractivity contribution in [3.8, 4) is 0 Å². The minimum absolute atomic E-state index is 0.0275. The summed E-state index contributed by atoms with van der Waals surface area (Å²) in [6.45, 7) is 2.15. The smallest absolute Gasteiger partial charge is 0.430 e. The van der Waals surface area contributed by atoms with Crippen molar-refractivity contribution in [2.45, 2.75) is 19.4 Å². The lowest BCUT2D eigenvalue weighted by atomic mass is 10.1. The summed E-state index contributed by atoms with van der Waals surface area (Å²) in [5.41, 5.74) is 1.08. The third-order valence-electron chi connectivity index (χ3n) is 2.47. The van der Waals surface area contributed by atoms with Crippen LogP contribution >= 0.6 is 0 Å². The molecule has 16 heavy (non-hydrogen) atoms. The Bertz CT molecular complexity index is 389. The number of hydrazone groups is 1. The summed E-state index contributed by atoms with van der Waals surface area (Å²) in [5.74, 6) is 0. The molecule has 2 rings (SSSR count). The predicted octanol–water partition coefficient (Wildman–Crippen LogP) is 2.58.